The molecular weight excluding hydrogens is 817 g/mol. The van der Waals surface area contributed by atoms with Gasteiger partial charge in [0.15, 0.2) is 6.10 Å². The van der Waals surface area contributed by atoms with Gasteiger partial charge in [-0.2, -0.15) is 0 Å². The molecule has 0 aliphatic carbocycles. The van der Waals surface area contributed by atoms with Gasteiger partial charge in [0, 0.05) is 19.3 Å². The van der Waals surface area contributed by atoms with Gasteiger partial charge in [0.25, 0.3) is 0 Å². The number of hydrogen-bond donors (Lipinski definition) is 0. The summed E-state index contributed by atoms with van der Waals surface area (Å²) in [6.07, 6.45) is 62.5. The van der Waals surface area contributed by atoms with Crippen LogP contribution in [0.4, 0.5) is 0 Å². The molecule has 0 saturated heterocycles. The number of ether oxygens (including phenoxy) is 3. The predicted molar refractivity (Wildman–Crippen MR) is 284 cm³/mol. The number of unbranched alkanes of at least 4 members (excludes halogenated alkanes) is 45. The van der Waals surface area contributed by atoms with Gasteiger partial charge in [-0.1, -0.05) is 310 Å². The van der Waals surface area contributed by atoms with Crippen molar-refractivity contribution in [1.82, 2.24) is 0 Å². The van der Waals surface area contributed by atoms with E-state index in [-0.39, 0.29) is 31.1 Å². The number of rotatable bonds is 56. The number of carbonyl (C=O) groups is 3. The van der Waals surface area contributed by atoms with E-state index in [4.69, 9.17) is 14.2 Å². The topological polar surface area (TPSA) is 78.9 Å². The fourth-order valence-corrected chi connectivity index (χ4v) is 9.33. The van der Waals surface area contributed by atoms with Gasteiger partial charge in [-0.3, -0.25) is 14.4 Å². The maximum Gasteiger partial charge on any atom is 0.306 e. The van der Waals surface area contributed by atoms with Gasteiger partial charge in [0.1, 0.15) is 13.2 Å². The Bertz CT molecular complexity index is 982. The Morgan fingerprint density at radius 1 is 0.242 bits per heavy atom. The summed E-state index contributed by atoms with van der Waals surface area (Å²) >= 11 is 0. The predicted octanol–water partition coefficient (Wildman–Crippen LogP) is 19.9. The number of hydrogen-bond acceptors (Lipinski definition) is 6. The van der Waals surface area contributed by atoms with E-state index >= 15 is 0 Å². The molecule has 0 bridgehead atoms. The molecule has 0 unspecified atom stereocenters. The van der Waals surface area contributed by atoms with E-state index in [9.17, 15) is 14.4 Å². The van der Waals surface area contributed by atoms with Gasteiger partial charge in [-0.15, -0.1) is 0 Å². The molecule has 0 amide bonds. The molecule has 66 heavy (non-hydrogen) atoms. The lowest BCUT2D eigenvalue weighted by Crippen LogP contribution is -2.30. The van der Waals surface area contributed by atoms with E-state index in [1.54, 1.807) is 0 Å². The average molecular weight is 934 g/mol. The van der Waals surface area contributed by atoms with Crippen LogP contribution < -0.4 is 0 Å². The normalized spacial score (nSPS) is 11.9. The van der Waals surface area contributed by atoms with Gasteiger partial charge in [0.2, 0.25) is 0 Å². The van der Waals surface area contributed by atoms with E-state index in [0.29, 0.717) is 19.3 Å². The lowest BCUT2D eigenvalue weighted by Gasteiger charge is -2.18. The van der Waals surface area contributed by atoms with Gasteiger partial charge in [-0.05, 0) is 19.3 Å². The summed E-state index contributed by atoms with van der Waals surface area (Å²) in [5, 5.41) is 0. The van der Waals surface area contributed by atoms with Gasteiger partial charge < -0.3 is 14.2 Å². The van der Waals surface area contributed by atoms with Crippen LogP contribution >= 0.6 is 0 Å². The van der Waals surface area contributed by atoms with Crippen LogP contribution in [0.5, 0.6) is 0 Å². The minimum Gasteiger partial charge on any atom is -0.462 e. The first-order valence-corrected chi connectivity index (χ1v) is 30.0. The lowest BCUT2D eigenvalue weighted by atomic mass is 10.0. The molecule has 0 spiro atoms. The van der Waals surface area contributed by atoms with Crippen molar-refractivity contribution in [2.24, 2.45) is 0 Å². The van der Waals surface area contributed by atoms with Crippen molar-refractivity contribution < 1.29 is 28.6 Å². The molecule has 0 aliphatic heterocycles. The molecule has 6 heteroatoms. The lowest BCUT2D eigenvalue weighted by molar-refractivity contribution is -0.167. The highest BCUT2D eigenvalue weighted by Gasteiger charge is 2.19. The molecule has 0 aliphatic rings. The van der Waals surface area contributed by atoms with Crippen molar-refractivity contribution >= 4 is 17.9 Å². The Labute approximate surface area is 412 Å². The van der Waals surface area contributed by atoms with Gasteiger partial charge >= 0.3 is 17.9 Å². The molecule has 0 saturated carbocycles. The smallest absolute Gasteiger partial charge is 0.306 e. The molecule has 0 fully saturated rings. The molecule has 6 nitrogen and oxygen atoms in total. The third-order valence-electron chi connectivity index (χ3n) is 13.9. The molecule has 0 aromatic heterocycles. The molecule has 0 aromatic rings. The van der Waals surface area contributed by atoms with Crippen molar-refractivity contribution in [3.05, 3.63) is 0 Å². The highest BCUT2D eigenvalue weighted by molar-refractivity contribution is 5.71. The first kappa shape index (κ1) is 64.4. The first-order valence-electron chi connectivity index (χ1n) is 30.0. The Balaban J connectivity index is 4.21. The van der Waals surface area contributed by atoms with E-state index in [1.807, 2.05) is 0 Å². The first-order chi connectivity index (χ1) is 32.5. The van der Waals surface area contributed by atoms with Crippen LogP contribution in [0.2, 0.25) is 0 Å². The number of carbonyl (C=O) groups excluding carboxylic acids is 3. The van der Waals surface area contributed by atoms with Crippen LogP contribution in [0.1, 0.15) is 348 Å². The number of esters is 3. The van der Waals surface area contributed by atoms with Crippen LogP contribution in [0, 0.1) is 0 Å². The second-order valence-corrected chi connectivity index (χ2v) is 20.6. The Hall–Kier alpha value is -1.59. The zero-order chi connectivity index (χ0) is 47.9. The zero-order valence-corrected chi connectivity index (χ0v) is 45.0. The summed E-state index contributed by atoms with van der Waals surface area (Å²) in [6.45, 7) is 6.70. The van der Waals surface area contributed by atoms with Crippen LogP contribution in [0.25, 0.3) is 0 Å². The Morgan fingerprint density at radius 3 is 0.606 bits per heavy atom. The standard InChI is InChI=1S/C60H116O6/c1-4-7-10-13-16-19-22-24-26-28-30-32-34-36-38-41-44-47-50-53-59(62)65-56-57(55-64-58(61)52-49-46-43-40-21-18-15-12-9-6-3)66-60(63)54-51-48-45-42-39-37-35-33-31-29-27-25-23-20-17-14-11-8-5-2/h57H,4-56H2,1-3H3/t57-/m1/s1. The molecule has 0 N–H and O–H groups in total. The molecule has 1 atom stereocenters. The van der Waals surface area contributed by atoms with Crippen LogP contribution in [-0.2, 0) is 28.6 Å². The van der Waals surface area contributed by atoms with E-state index < -0.39 is 6.10 Å². The molecule has 0 radical (unpaired) electrons. The van der Waals surface area contributed by atoms with Crippen molar-refractivity contribution in [2.45, 2.75) is 354 Å². The largest absolute Gasteiger partial charge is 0.462 e. The van der Waals surface area contributed by atoms with E-state index in [2.05, 4.69) is 20.8 Å². The highest BCUT2D eigenvalue weighted by Crippen LogP contribution is 2.18. The Kier molecular flexibility index (Phi) is 54.7. The van der Waals surface area contributed by atoms with Gasteiger partial charge in [-0.25, -0.2) is 0 Å². The van der Waals surface area contributed by atoms with Crippen LogP contribution in [0.3, 0.4) is 0 Å². The maximum absolute atomic E-state index is 12.9. The monoisotopic (exact) mass is 933 g/mol. The quantitative estimate of drug-likeness (QED) is 0.0343. The average Bonchev–Trinajstić information content (AvgIpc) is 3.31. The van der Waals surface area contributed by atoms with E-state index in [1.165, 1.54) is 250 Å². The summed E-state index contributed by atoms with van der Waals surface area (Å²) in [4.78, 5) is 38.1. The zero-order valence-electron chi connectivity index (χ0n) is 45.0. The molecular formula is C60H116O6. The summed E-state index contributed by atoms with van der Waals surface area (Å²) in [5.74, 6) is -0.832. The molecule has 0 heterocycles. The highest BCUT2D eigenvalue weighted by atomic mass is 16.6. The third kappa shape index (κ3) is 53.4. The molecule has 0 aromatic carbocycles. The summed E-state index contributed by atoms with van der Waals surface area (Å²) in [5.41, 5.74) is 0. The summed E-state index contributed by atoms with van der Waals surface area (Å²) in [6, 6.07) is 0. The Morgan fingerprint density at radius 2 is 0.409 bits per heavy atom. The van der Waals surface area contributed by atoms with Crippen LogP contribution in [-0.4, -0.2) is 37.2 Å². The van der Waals surface area contributed by atoms with Crippen molar-refractivity contribution in [3.8, 4) is 0 Å². The molecule has 392 valence electrons. The van der Waals surface area contributed by atoms with Gasteiger partial charge in [0.05, 0.1) is 0 Å². The van der Waals surface area contributed by atoms with Crippen LogP contribution in [0.15, 0.2) is 0 Å². The van der Waals surface area contributed by atoms with E-state index in [0.717, 1.165) is 57.8 Å². The minimum absolute atomic E-state index is 0.0611. The molecule has 0 rings (SSSR count). The maximum atomic E-state index is 12.9. The summed E-state index contributed by atoms with van der Waals surface area (Å²) in [7, 11) is 0. The minimum atomic E-state index is -0.761. The fraction of sp³-hybridized carbons (Fsp3) is 0.950. The third-order valence-corrected chi connectivity index (χ3v) is 13.9. The summed E-state index contributed by atoms with van der Waals surface area (Å²) < 4.78 is 16.9. The fourth-order valence-electron chi connectivity index (χ4n) is 9.33. The van der Waals surface area contributed by atoms with Crippen molar-refractivity contribution in [3.63, 3.8) is 0 Å². The van der Waals surface area contributed by atoms with Crippen molar-refractivity contribution in [1.29, 1.82) is 0 Å². The SMILES string of the molecule is CCCCCCCCCCCCCCCCCCCCCC(=O)OC[C@@H](COC(=O)CCCCCCCCCCCC)OC(=O)CCCCCCCCCCCCCCCCCCCCC. The second-order valence-electron chi connectivity index (χ2n) is 20.6. The second kappa shape index (κ2) is 56.0. The van der Waals surface area contributed by atoms with Crippen molar-refractivity contribution in [2.75, 3.05) is 13.2 Å².